The number of hydrogen-bond donors (Lipinski definition) is 1. The maximum Gasteiger partial charge on any atom is 0.259 e. The van der Waals surface area contributed by atoms with Crippen LogP contribution in [0.25, 0.3) is 0 Å². The highest BCUT2D eigenvalue weighted by Gasteiger charge is 2.12. The molecule has 0 saturated heterocycles. The molecule has 0 fully saturated rings. The van der Waals surface area contributed by atoms with Crippen molar-refractivity contribution in [3.05, 3.63) is 57.4 Å². The number of aromatic nitrogens is 1. The summed E-state index contributed by atoms with van der Waals surface area (Å²) in [6, 6.07) is 7.19. The second kappa shape index (κ2) is 5.46. The predicted octanol–water partition coefficient (Wildman–Crippen LogP) is 3.89. The monoisotopic (exact) mass is 328 g/mol. The third-order valence-corrected chi connectivity index (χ3v) is 2.86. The van der Waals surface area contributed by atoms with Gasteiger partial charge in [0.2, 0.25) is 0 Å². The Kier molecular flexibility index (Phi) is 3.93. The lowest BCUT2D eigenvalue weighted by atomic mass is 10.2. The second-order valence-electron chi connectivity index (χ2n) is 3.44. The van der Waals surface area contributed by atoms with Gasteiger partial charge in [-0.1, -0.05) is 27.5 Å². The summed E-state index contributed by atoms with van der Waals surface area (Å²) in [5, 5.41) is 2.91. The molecule has 1 heterocycles. The van der Waals surface area contributed by atoms with Crippen molar-refractivity contribution < 1.29 is 9.18 Å². The van der Waals surface area contributed by atoms with Gasteiger partial charge in [0.15, 0.2) is 0 Å². The van der Waals surface area contributed by atoms with Crippen LogP contribution in [-0.2, 0) is 0 Å². The first-order chi connectivity index (χ1) is 8.56. The van der Waals surface area contributed by atoms with Gasteiger partial charge >= 0.3 is 0 Å². The van der Waals surface area contributed by atoms with Crippen molar-refractivity contribution in [3.8, 4) is 0 Å². The lowest BCUT2D eigenvalue weighted by molar-refractivity contribution is 0.102. The smallest absolute Gasteiger partial charge is 0.259 e. The van der Waals surface area contributed by atoms with E-state index in [9.17, 15) is 9.18 Å². The van der Waals surface area contributed by atoms with Gasteiger partial charge in [-0.25, -0.2) is 9.37 Å². The van der Waals surface area contributed by atoms with E-state index in [2.05, 4.69) is 26.2 Å². The zero-order chi connectivity index (χ0) is 13.1. The Labute approximate surface area is 116 Å². The fourth-order valence-corrected chi connectivity index (χ4v) is 1.85. The van der Waals surface area contributed by atoms with Gasteiger partial charge in [0.25, 0.3) is 5.91 Å². The molecule has 6 heteroatoms. The zero-order valence-corrected chi connectivity index (χ0v) is 11.3. The Morgan fingerprint density at radius 1 is 1.33 bits per heavy atom. The van der Waals surface area contributed by atoms with Crippen LogP contribution in [0.15, 0.2) is 41.0 Å². The van der Waals surface area contributed by atoms with Crippen molar-refractivity contribution in [3.63, 3.8) is 0 Å². The highest BCUT2D eigenvalue weighted by Crippen LogP contribution is 2.18. The van der Waals surface area contributed by atoms with Gasteiger partial charge in [-0.05, 0) is 30.3 Å². The molecule has 1 aromatic heterocycles. The molecule has 1 amide bonds. The van der Waals surface area contributed by atoms with Crippen LogP contribution in [0.3, 0.4) is 0 Å². The number of halogens is 3. The average Bonchev–Trinajstić information content (AvgIpc) is 2.32. The molecule has 3 nitrogen and oxygen atoms in total. The summed E-state index contributed by atoms with van der Waals surface area (Å²) in [6.45, 7) is 0. The first-order valence-electron chi connectivity index (χ1n) is 4.94. The summed E-state index contributed by atoms with van der Waals surface area (Å²) in [4.78, 5) is 15.7. The van der Waals surface area contributed by atoms with Crippen molar-refractivity contribution in [2.24, 2.45) is 0 Å². The molecule has 0 spiro atoms. The van der Waals surface area contributed by atoms with Crippen molar-refractivity contribution in [1.82, 2.24) is 4.98 Å². The van der Waals surface area contributed by atoms with E-state index in [1.54, 1.807) is 6.07 Å². The molecule has 0 aliphatic heterocycles. The Morgan fingerprint density at radius 2 is 2.11 bits per heavy atom. The SMILES string of the molecule is O=C(Nc1cc(Cl)ccn1)c1cc(Br)ccc1F. The lowest BCUT2D eigenvalue weighted by Gasteiger charge is -2.06. The van der Waals surface area contributed by atoms with E-state index < -0.39 is 11.7 Å². The zero-order valence-electron chi connectivity index (χ0n) is 8.95. The molecule has 0 aliphatic carbocycles. The van der Waals surface area contributed by atoms with Crippen molar-refractivity contribution >= 4 is 39.3 Å². The van der Waals surface area contributed by atoms with E-state index in [-0.39, 0.29) is 11.4 Å². The van der Waals surface area contributed by atoms with E-state index in [1.165, 1.54) is 30.5 Å². The normalized spacial score (nSPS) is 10.2. The molecule has 0 saturated carbocycles. The van der Waals surface area contributed by atoms with Crippen LogP contribution in [-0.4, -0.2) is 10.9 Å². The molecule has 2 rings (SSSR count). The van der Waals surface area contributed by atoms with E-state index in [1.807, 2.05) is 0 Å². The molecule has 0 atom stereocenters. The number of carbonyl (C=O) groups excluding carboxylic acids is 1. The lowest BCUT2D eigenvalue weighted by Crippen LogP contribution is -2.14. The van der Waals surface area contributed by atoms with Crippen molar-refractivity contribution in [1.29, 1.82) is 0 Å². The third-order valence-electron chi connectivity index (χ3n) is 2.14. The number of anilines is 1. The summed E-state index contributed by atoms with van der Waals surface area (Å²) >= 11 is 8.94. The third kappa shape index (κ3) is 3.05. The van der Waals surface area contributed by atoms with Crippen molar-refractivity contribution in [2.75, 3.05) is 5.32 Å². The number of nitrogens with one attached hydrogen (secondary N) is 1. The molecule has 0 aliphatic rings. The number of amides is 1. The minimum atomic E-state index is -0.599. The largest absolute Gasteiger partial charge is 0.306 e. The molecule has 92 valence electrons. The van der Waals surface area contributed by atoms with Gasteiger partial charge in [0.05, 0.1) is 5.56 Å². The van der Waals surface area contributed by atoms with Crippen molar-refractivity contribution in [2.45, 2.75) is 0 Å². The fourth-order valence-electron chi connectivity index (χ4n) is 1.33. The molecule has 1 N–H and O–H groups in total. The minimum Gasteiger partial charge on any atom is -0.306 e. The van der Waals surface area contributed by atoms with E-state index in [0.29, 0.717) is 9.50 Å². The summed E-state index contributed by atoms with van der Waals surface area (Å²) in [5.41, 5.74) is -0.0637. The quantitative estimate of drug-likeness (QED) is 0.908. The Morgan fingerprint density at radius 3 is 2.83 bits per heavy atom. The molecule has 0 radical (unpaired) electrons. The van der Waals surface area contributed by atoms with Gasteiger partial charge < -0.3 is 5.32 Å². The van der Waals surface area contributed by atoms with Crippen LogP contribution in [0.4, 0.5) is 10.2 Å². The summed E-state index contributed by atoms with van der Waals surface area (Å²) < 4.78 is 14.1. The van der Waals surface area contributed by atoms with E-state index in [0.717, 1.165) is 0 Å². The highest BCUT2D eigenvalue weighted by molar-refractivity contribution is 9.10. The molecular formula is C12H7BrClFN2O. The number of hydrogen-bond acceptors (Lipinski definition) is 2. The molecule has 18 heavy (non-hydrogen) atoms. The van der Waals surface area contributed by atoms with Gasteiger partial charge in [-0.15, -0.1) is 0 Å². The van der Waals surface area contributed by atoms with Gasteiger partial charge in [0, 0.05) is 15.7 Å². The van der Waals surface area contributed by atoms with Crippen LogP contribution in [0, 0.1) is 5.82 Å². The van der Waals surface area contributed by atoms with Crippen LogP contribution in [0.5, 0.6) is 0 Å². The topological polar surface area (TPSA) is 42.0 Å². The van der Waals surface area contributed by atoms with Gasteiger partial charge in [0.1, 0.15) is 11.6 Å². The number of nitrogens with zero attached hydrogens (tertiary/aromatic N) is 1. The average molecular weight is 330 g/mol. The van der Waals surface area contributed by atoms with Crippen LogP contribution in [0.1, 0.15) is 10.4 Å². The molecule has 1 aromatic carbocycles. The van der Waals surface area contributed by atoms with Gasteiger partial charge in [-0.2, -0.15) is 0 Å². The molecule has 2 aromatic rings. The molecule has 0 unspecified atom stereocenters. The standard InChI is InChI=1S/C12H7BrClFN2O/c13-7-1-2-10(15)9(5-7)12(18)17-11-6-8(14)3-4-16-11/h1-6H,(H,16,17,18). The fraction of sp³-hybridized carbons (Fsp3) is 0. The van der Waals surface area contributed by atoms with Crippen LogP contribution < -0.4 is 5.32 Å². The maximum absolute atomic E-state index is 13.5. The number of carbonyl (C=O) groups is 1. The Balaban J connectivity index is 2.24. The summed E-state index contributed by atoms with van der Waals surface area (Å²) in [5.74, 6) is -0.909. The van der Waals surface area contributed by atoms with Crippen LogP contribution >= 0.6 is 27.5 Å². The first kappa shape index (κ1) is 13.0. The number of pyridine rings is 1. The first-order valence-corrected chi connectivity index (χ1v) is 6.11. The second-order valence-corrected chi connectivity index (χ2v) is 4.79. The maximum atomic E-state index is 13.5. The highest BCUT2D eigenvalue weighted by atomic mass is 79.9. The minimum absolute atomic E-state index is 0.0637. The number of rotatable bonds is 2. The van der Waals surface area contributed by atoms with Gasteiger partial charge in [-0.3, -0.25) is 4.79 Å². The van der Waals surface area contributed by atoms with E-state index >= 15 is 0 Å². The van der Waals surface area contributed by atoms with Crippen LogP contribution in [0.2, 0.25) is 5.02 Å². The predicted molar refractivity (Wildman–Crippen MR) is 71.3 cm³/mol. The van der Waals surface area contributed by atoms with E-state index in [4.69, 9.17) is 11.6 Å². The Hall–Kier alpha value is -1.46. The number of benzene rings is 1. The summed E-state index contributed by atoms with van der Waals surface area (Å²) in [7, 11) is 0. The molecular weight excluding hydrogens is 322 g/mol. The Bertz CT molecular complexity index is 606. The summed E-state index contributed by atoms with van der Waals surface area (Å²) in [6.07, 6.45) is 1.45. The molecule has 0 bridgehead atoms.